The van der Waals surface area contributed by atoms with Gasteiger partial charge in [-0.25, -0.2) is 4.98 Å². The first-order valence-corrected chi connectivity index (χ1v) is 5.81. The normalized spacial score (nSPS) is 11.9. The van der Waals surface area contributed by atoms with Crippen LogP contribution in [0.25, 0.3) is 0 Å². The van der Waals surface area contributed by atoms with Crippen LogP contribution < -0.4 is 10.1 Å². The van der Waals surface area contributed by atoms with E-state index < -0.39 is 0 Å². The van der Waals surface area contributed by atoms with Crippen molar-refractivity contribution in [2.75, 3.05) is 12.4 Å². The van der Waals surface area contributed by atoms with Crippen LogP contribution >= 0.6 is 11.6 Å². The second-order valence-corrected chi connectivity index (χ2v) is 4.11. The fourth-order valence-electron chi connectivity index (χ4n) is 1.49. The molecule has 0 radical (unpaired) electrons. The van der Waals surface area contributed by atoms with E-state index in [2.05, 4.69) is 20.3 Å². The average molecular weight is 265 g/mol. The maximum absolute atomic E-state index is 6.03. The van der Waals surface area contributed by atoms with Crippen LogP contribution in [0.15, 0.2) is 30.7 Å². The van der Waals surface area contributed by atoms with Gasteiger partial charge in [-0.2, -0.15) is 4.98 Å². The van der Waals surface area contributed by atoms with E-state index in [0.29, 0.717) is 10.8 Å². The van der Waals surface area contributed by atoms with Crippen molar-refractivity contribution in [3.8, 4) is 6.01 Å². The molecule has 0 aliphatic rings. The summed E-state index contributed by atoms with van der Waals surface area (Å²) in [6, 6.07) is 4.21. The van der Waals surface area contributed by atoms with Gasteiger partial charge in [-0.3, -0.25) is 4.98 Å². The Hall–Kier alpha value is -1.88. The molecule has 2 heterocycles. The van der Waals surface area contributed by atoms with Crippen molar-refractivity contribution in [2.24, 2.45) is 0 Å². The van der Waals surface area contributed by atoms with E-state index in [-0.39, 0.29) is 12.1 Å². The Bertz CT molecular complexity index is 521. The van der Waals surface area contributed by atoms with Crippen molar-refractivity contribution >= 4 is 17.4 Å². The maximum atomic E-state index is 6.03. The van der Waals surface area contributed by atoms with Gasteiger partial charge in [-0.05, 0) is 24.6 Å². The van der Waals surface area contributed by atoms with E-state index in [0.717, 1.165) is 5.56 Å². The van der Waals surface area contributed by atoms with Gasteiger partial charge in [0, 0.05) is 12.4 Å². The lowest BCUT2D eigenvalue weighted by Gasteiger charge is -2.15. The van der Waals surface area contributed by atoms with Gasteiger partial charge in [0.15, 0.2) is 5.82 Å². The number of ether oxygens (including phenoxy) is 1. The van der Waals surface area contributed by atoms with Crippen LogP contribution in [0.2, 0.25) is 5.02 Å². The molecule has 94 valence electrons. The molecule has 0 spiro atoms. The maximum Gasteiger partial charge on any atom is 0.318 e. The minimum Gasteiger partial charge on any atom is -0.467 e. The first-order chi connectivity index (χ1) is 8.70. The molecule has 0 aliphatic carbocycles. The van der Waals surface area contributed by atoms with Crippen molar-refractivity contribution in [1.82, 2.24) is 15.0 Å². The highest BCUT2D eigenvalue weighted by atomic mass is 35.5. The van der Waals surface area contributed by atoms with E-state index in [1.807, 2.05) is 19.1 Å². The number of halogens is 1. The number of hydrogen-bond donors (Lipinski definition) is 1. The van der Waals surface area contributed by atoms with Crippen LogP contribution in [-0.4, -0.2) is 22.1 Å². The summed E-state index contributed by atoms with van der Waals surface area (Å²) < 4.78 is 4.97. The summed E-state index contributed by atoms with van der Waals surface area (Å²) in [6.45, 7) is 2.01. The average Bonchev–Trinajstić information content (AvgIpc) is 2.42. The molecule has 0 amide bonds. The summed E-state index contributed by atoms with van der Waals surface area (Å²) in [5.41, 5.74) is 1.10. The fourth-order valence-corrected chi connectivity index (χ4v) is 1.64. The summed E-state index contributed by atoms with van der Waals surface area (Å²) in [7, 11) is 1.51. The van der Waals surface area contributed by atoms with E-state index in [1.54, 1.807) is 12.4 Å². The van der Waals surface area contributed by atoms with Crippen LogP contribution in [-0.2, 0) is 0 Å². The Kier molecular flexibility index (Phi) is 3.94. The number of aromatic nitrogens is 3. The minimum atomic E-state index is 0.0603. The van der Waals surface area contributed by atoms with E-state index in [1.165, 1.54) is 13.3 Å². The first kappa shape index (κ1) is 12.6. The van der Waals surface area contributed by atoms with Crippen molar-refractivity contribution in [1.29, 1.82) is 0 Å². The lowest BCUT2D eigenvalue weighted by molar-refractivity contribution is 0.380. The molecular weight excluding hydrogens is 252 g/mol. The third-order valence-electron chi connectivity index (χ3n) is 2.46. The van der Waals surface area contributed by atoms with Gasteiger partial charge in [-0.1, -0.05) is 11.6 Å². The molecular formula is C12H13ClN4O. The van der Waals surface area contributed by atoms with Crippen LogP contribution in [0, 0.1) is 0 Å². The van der Waals surface area contributed by atoms with Gasteiger partial charge < -0.3 is 10.1 Å². The largest absolute Gasteiger partial charge is 0.467 e. The van der Waals surface area contributed by atoms with Crippen molar-refractivity contribution in [2.45, 2.75) is 13.0 Å². The highest BCUT2D eigenvalue weighted by molar-refractivity contribution is 6.32. The minimum absolute atomic E-state index is 0.0603. The number of nitrogens with zero attached hydrogens (tertiary/aromatic N) is 3. The predicted octanol–water partition coefficient (Wildman–Crippen LogP) is 2.71. The molecule has 2 rings (SSSR count). The molecule has 0 unspecified atom stereocenters. The molecule has 2 aromatic heterocycles. The smallest absolute Gasteiger partial charge is 0.318 e. The van der Waals surface area contributed by atoms with Crippen molar-refractivity contribution in [3.05, 3.63) is 41.3 Å². The van der Waals surface area contributed by atoms with Crippen LogP contribution in [0.5, 0.6) is 6.01 Å². The molecule has 5 nitrogen and oxygen atoms in total. The van der Waals surface area contributed by atoms with Gasteiger partial charge in [0.25, 0.3) is 0 Å². The second kappa shape index (κ2) is 5.64. The van der Waals surface area contributed by atoms with Gasteiger partial charge in [0.1, 0.15) is 5.02 Å². The molecule has 0 saturated carbocycles. The quantitative estimate of drug-likeness (QED) is 0.920. The lowest BCUT2D eigenvalue weighted by atomic mass is 10.1. The number of nitrogens with one attached hydrogen (secondary N) is 1. The topological polar surface area (TPSA) is 59.9 Å². The summed E-state index contributed by atoms with van der Waals surface area (Å²) >= 11 is 6.03. The fraction of sp³-hybridized carbons (Fsp3) is 0.250. The Balaban J connectivity index is 2.18. The lowest BCUT2D eigenvalue weighted by Crippen LogP contribution is -2.09. The first-order valence-electron chi connectivity index (χ1n) is 5.43. The number of methoxy groups -OCH3 is 1. The Morgan fingerprint density at radius 3 is 2.72 bits per heavy atom. The van der Waals surface area contributed by atoms with E-state index in [9.17, 15) is 0 Å². The second-order valence-electron chi connectivity index (χ2n) is 3.70. The molecule has 0 bridgehead atoms. The summed E-state index contributed by atoms with van der Waals surface area (Å²) in [5, 5.41) is 3.67. The summed E-state index contributed by atoms with van der Waals surface area (Å²) in [4.78, 5) is 12.1. The molecule has 1 atom stereocenters. The van der Waals surface area contributed by atoms with Crippen LogP contribution in [0.3, 0.4) is 0 Å². The highest BCUT2D eigenvalue weighted by Crippen LogP contribution is 2.24. The number of anilines is 1. The summed E-state index contributed by atoms with van der Waals surface area (Å²) in [6.07, 6.45) is 5.00. The molecule has 6 heteroatoms. The van der Waals surface area contributed by atoms with Gasteiger partial charge >= 0.3 is 6.01 Å². The SMILES string of the molecule is COc1ncc(Cl)c(N[C@@H](C)c2ccncc2)n1. The van der Waals surface area contributed by atoms with Crippen molar-refractivity contribution < 1.29 is 4.74 Å². The number of pyridine rings is 1. The molecule has 0 aliphatic heterocycles. The van der Waals surface area contributed by atoms with Crippen molar-refractivity contribution in [3.63, 3.8) is 0 Å². The Morgan fingerprint density at radius 2 is 2.06 bits per heavy atom. The van der Waals surface area contributed by atoms with Gasteiger partial charge in [-0.15, -0.1) is 0 Å². The van der Waals surface area contributed by atoms with Gasteiger partial charge in [0.2, 0.25) is 0 Å². The number of hydrogen-bond acceptors (Lipinski definition) is 5. The zero-order chi connectivity index (χ0) is 13.0. The standard InChI is InChI=1S/C12H13ClN4O/c1-8(9-3-5-14-6-4-9)16-11-10(13)7-15-12(17-11)18-2/h3-8H,1-2H3,(H,15,16,17)/t8-/m0/s1. The predicted molar refractivity (Wildman–Crippen MR) is 69.9 cm³/mol. The third-order valence-corrected chi connectivity index (χ3v) is 2.74. The zero-order valence-electron chi connectivity index (χ0n) is 10.1. The Morgan fingerprint density at radius 1 is 1.33 bits per heavy atom. The monoisotopic (exact) mass is 264 g/mol. The van der Waals surface area contributed by atoms with Gasteiger partial charge in [0.05, 0.1) is 19.3 Å². The molecule has 0 aromatic carbocycles. The third kappa shape index (κ3) is 2.87. The molecule has 18 heavy (non-hydrogen) atoms. The Labute approximate surface area is 110 Å². The molecule has 0 fully saturated rings. The molecule has 2 aromatic rings. The van der Waals surface area contributed by atoms with E-state index >= 15 is 0 Å². The van der Waals surface area contributed by atoms with E-state index in [4.69, 9.17) is 16.3 Å². The number of rotatable bonds is 4. The molecule has 1 N–H and O–H groups in total. The van der Waals surface area contributed by atoms with Crippen LogP contribution in [0.1, 0.15) is 18.5 Å². The summed E-state index contributed by atoms with van der Waals surface area (Å²) in [5.74, 6) is 0.549. The highest BCUT2D eigenvalue weighted by Gasteiger charge is 2.10. The van der Waals surface area contributed by atoms with Crippen LogP contribution in [0.4, 0.5) is 5.82 Å². The molecule has 0 saturated heterocycles. The zero-order valence-corrected chi connectivity index (χ0v) is 10.8.